The van der Waals surface area contributed by atoms with Gasteiger partial charge in [-0.15, -0.1) is 0 Å². The van der Waals surface area contributed by atoms with Crippen molar-refractivity contribution in [1.82, 2.24) is 4.90 Å². The van der Waals surface area contributed by atoms with E-state index in [4.69, 9.17) is 10.8 Å². The van der Waals surface area contributed by atoms with Crippen LogP contribution in [0.15, 0.2) is 0 Å². The van der Waals surface area contributed by atoms with Crippen molar-refractivity contribution in [2.75, 3.05) is 26.7 Å². The molecule has 1 aliphatic heterocycles. The summed E-state index contributed by atoms with van der Waals surface area (Å²) >= 11 is 0. The number of hydrogen-bond donors (Lipinski definition) is 2. The third-order valence-electron chi connectivity index (χ3n) is 1.89. The summed E-state index contributed by atoms with van der Waals surface area (Å²) in [5, 5.41) is 8.79. The van der Waals surface area contributed by atoms with Gasteiger partial charge in [0.2, 0.25) is 0 Å². The van der Waals surface area contributed by atoms with Gasteiger partial charge >= 0.3 is 0 Å². The summed E-state index contributed by atoms with van der Waals surface area (Å²) in [5.74, 6) is 0. The summed E-state index contributed by atoms with van der Waals surface area (Å²) in [4.78, 5) is 2.14. The molecular formula is C8H20N2O. The zero-order valence-electron chi connectivity index (χ0n) is 7.80. The number of rotatable bonds is 1. The lowest BCUT2D eigenvalue weighted by Gasteiger charge is -2.19. The predicted octanol–water partition coefficient (Wildman–Crippen LogP) is 0.0379. The Hall–Kier alpha value is -0.120. The third-order valence-corrected chi connectivity index (χ3v) is 1.89. The molecule has 1 rings (SSSR count). The highest BCUT2D eigenvalue weighted by Crippen LogP contribution is 2.15. The van der Waals surface area contributed by atoms with E-state index in [9.17, 15) is 0 Å². The van der Waals surface area contributed by atoms with Crippen molar-refractivity contribution in [2.24, 2.45) is 5.73 Å². The lowest BCUT2D eigenvalue weighted by Crippen LogP contribution is -2.45. The van der Waals surface area contributed by atoms with Crippen molar-refractivity contribution in [2.45, 2.75) is 25.8 Å². The van der Waals surface area contributed by atoms with Gasteiger partial charge in [-0.25, -0.2) is 0 Å². The van der Waals surface area contributed by atoms with Crippen LogP contribution in [-0.2, 0) is 0 Å². The molecule has 11 heavy (non-hydrogen) atoms. The highest BCUT2D eigenvalue weighted by Gasteiger charge is 2.31. The summed E-state index contributed by atoms with van der Waals surface area (Å²) in [5.41, 5.74) is 5.45. The molecule has 0 bridgehead atoms. The highest BCUT2D eigenvalue weighted by atomic mass is 16.3. The Bertz CT molecular complexity index is 108. The van der Waals surface area contributed by atoms with Crippen LogP contribution < -0.4 is 5.73 Å². The van der Waals surface area contributed by atoms with E-state index in [0.29, 0.717) is 0 Å². The van der Waals surface area contributed by atoms with Gasteiger partial charge in [-0.3, -0.25) is 0 Å². The molecule has 0 saturated carbocycles. The monoisotopic (exact) mass is 160 g/mol. The van der Waals surface area contributed by atoms with Gasteiger partial charge in [-0.1, -0.05) is 13.8 Å². The number of aliphatic hydroxyl groups is 1. The second kappa shape index (κ2) is 4.70. The van der Waals surface area contributed by atoms with E-state index < -0.39 is 0 Å². The first-order valence-electron chi connectivity index (χ1n) is 4.25. The van der Waals surface area contributed by atoms with Crippen LogP contribution in [-0.4, -0.2) is 42.3 Å². The first kappa shape index (κ1) is 10.9. The summed E-state index contributed by atoms with van der Waals surface area (Å²) in [6.07, 6.45) is 0.917. The average molecular weight is 160 g/mol. The van der Waals surface area contributed by atoms with Crippen molar-refractivity contribution >= 4 is 0 Å². The molecule has 68 valence electrons. The van der Waals surface area contributed by atoms with E-state index in [0.717, 1.165) is 19.5 Å². The maximum absolute atomic E-state index is 8.79. The summed E-state index contributed by atoms with van der Waals surface area (Å²) < 4.78 is 0. The molecule has 0 aromatic rings. The van der Waals surface area contributed by atoms with Gasteiger partial charge < -0.3 is 15.7 Å². The Balaban J connectivity index is 0.000000461. The van der Waals surface area contributed by atoms with Crippen LogP contribution in [0.3, 0.4) is 0 Å². The molecule has 1 atom stereocenters. The first-order valence-corrected chi connectivity index (χ1v) is 4.25. The second-order valence-corrected chi connectivity index (χ2v) is 3.01. The molecule has 3 heteroatoms. The molecule has 3 nitrogen and oxygen atoms in total. The van der Waals surface area contributed by atoms with E-state index in [-0.39, 0.29) is 12.1 Å². The predicted molar refractivity (Wildman–Crippen MR) is 47.5 cm³/mol. The van der Waals surface area contributed by atoms with Gasteiger partial charge in [0.15, 0.2) is 0 Å². The normalized spacial score (nSPS) is 31.4. The van der Waals surface area contributed by atoms with Crippen molar-refractivity contribution < 1.29 is 5.11 Å². The van der Waals surface area contributed by atoms with Crippen LogP contribution in [0.25, 0.3) is 0 Å². The van der Waals surface area contributed by atoms with Gasteiger partial charge in [0.25, 0.3) is 0 Å². The molecule has 0 amide bonds. The van der Waals surface area contributed by atoms with E-state index in [1.165, 1.54) is 0 Å². The number of nitrogens with zero attached hydrogens (tertiary/aromatic N) is 1. The largest absolute Gasteiger partial charge is 0.394 e. The Morgan fingerprint density at radius 1 is 1.55 bits per heavy atom. The van der Waals surface area contributed by atoms with Crippen molar-refractivity contribution in [3.8, 4) is 0 Å². The van der Waals surface area contributed by atoms with Crippen molar-refractivity contribution in [3.05, 3.63) is 0 Å². The van der Waals surface area contributed by atoms with E-state index >= 15 is 0 Å². The minimum atomic E-state index is -0.311. The molecule has 1 fully saturated rings. The van der Waals surface area contributed by atoms with Crippen LogP contribution in [0, 0.1) is 0 Å². The second-order valence-electron chi connectivity index (χ2n) is 3.01. The quantitative estimate of drug-likeness (QED) is 0.569. The van der Waals surface area contributed by atoms with E-state index in [1.807, 2.05) is 20.9 Å². The molecule has 1 unspecified atom stereocenters. The number of hydrogen-bond acceptors (Lipinski definition) is 3. The Labute approximate surface area is 69.2 Å². The molecule has 1 saturated heterocycles. The Kier molecular flexibility index (Phi) is 4.65. The number of likely N-dealkylation sites (tertiary alicyclic amines) is 1. The van der Waals surface area contributed by atoms with Gasteiger partial charge in [-0.2, -0.15) is 0 Å². The topological polar surface area (TPSA) is 49.5 Å². The maximum Gasteiger partial charge on any atom is 0.0624 e. The summed E-state index contributed by atoms with van der Waals surface area (Å²) in [7, 11) is 2.02. The molecule has 0 aromatic heterocycles. The smallest absolute Gasteiger partial charge is 0.0624 e. The molecule has 1 heterocycles. The number of nitrogens with two attached hydrogens (primary N) is 1. The molecule has 0 radical (unpaired) electrons. The van der Waals surface area contributed by atoms with Crippen molar-refractivity contribution in [1.29, 1.82) is 0 Å². The fourth-order valence-electron chi connectivity index (χ4n) is 1.24. The van der Waals surface area contributed by atoms with Crippen LogP contribution in [0.5, 0.6) is 0 Å². The molecule has 0 aliphatic carbocycles. The summed E-state index contributed by atoms with van der Waals surface area (Å²) in [6, 6.07) is 0. The lowest BCUT2D eigenvalue weighted by molar-refractivity contribution is 0.198. The van der Waals surface area contributed by atoms with E-state index in [1.54, 1.807) is 0 Å². The maximum atomic E-state index is 8.79. The van der Waals surface area contributed by atoms with Crippen LogP contribution in [0.4, 0.5) is 0 Å². The fourth-order valence-corrected chi connectivity index (χ4v) is 1.24. The van der Waals surface area contributed by atoms with Crippen molar-refractivity contribution in [3.63, 3.8) is 0 Å². The minimum Gasteiger partial charge on any atom is -0.394 e. The average Bonchev–Trinajstić information content (AvgIpc) is 2.37. The van der Waals surface area contributed by atoms with Crippen LogP contribution >= 0.6 is 0 Å². The van der Waals surface area contributed by atoms with Gasteiger partial charge in [0.05, 0.1) is 12.1 Å². The Morgan fingerprint density at radius 2 is 2.09 bits per heavy atom. The highest BCUT2D eigenvalue weighted by molar-refractivity contribution is 4.92. The third kappa shape index (κ3) is 3.18. The molecule has 1 aliphatic rings. The number of aliphatic hydroxyl groups excluding tert-OH is 1. The zero-order valence-corrected chi connectivity index (χ0v) is 7.80. The molecule has 0 spiro atoms. The van der Waals surface area contributed by atoms with Gasteiger partial charge in [0, 0.05) is 6.54 Å². The minimum absolute atomic E-state index is 0.108. The lowest BCUT2D eigenvalue weighted by atomic mass is 10.0. The standard InChI is InChI=1S/C6H14N2O.C2H6/c1-8-3-2-6(7,4-8)5-9;1-2/h9H,2-5,7H2,1H3;1-2H3. The Morgan fingerprint density at radius 3 is 2.27 bits per heavy atom. The fraction of sp³-hybridized carbons (Fsp3) is 1.00. The van der Waals surface area contributed by atoms with Crippen LogP contribution in [0.1, 0.15) is 20.3 Å². The summed E-state index contributed by atoms with van der Waals surface area (Å²) in [6.45, 7) is 5.94. The van der Waals surface area contributed by atoms with Gasteiger partial charge in [-0.05, 0) is 20.0 Å². The van der Waals surface area contributed by atoms with Crippen LogP contribution in [0.2, 0.25) is 0 Å². The first-order chi connectivity index (χ1) is 5.16. The SMILES string of the molecule is CC.CN1CCC(N)(CO)C1. The van der Waals surface area contributed by atoms with Gasteiger partial charge in [0.1, 0.15) is 0 Å². The number of likely N-dealkylation sites (N-methyl/N-ethyl adjacent to an activating group) is 1. The van der Waals surface area contributed by atoms with E-state index in [2.05, 4.69) is 4.90 Å². The molecular weight excluding hydrogens is 140 g/mol. The molecule has 3 N–H and O–H groups in total. The molecule has 0 aromatic carbocycles. The zero-order chi connectivity index (χ0) is 8.91.